The fraction of sp³-hybridized carbons (Fsp3) is 0.0690. The highest BCUT2D eigenvalue weighted by Crippen LogP contribution is 2.44. The molecule has 11 rings (SSSR count). The van der Waals surface area contributed by atoms with Crippen molar-refractivity contribution >= 4 is 49.4 Å². The second kappa shape index (κ2) is 15.3. The summed E-state index contributed by atoms with van der Waals surface area (Å²) in [5.74, 6) is 0. The summed E-state index contributed by atoms with van der Waals surface area (Å²) in [5, 5.41) is 7.49. The van der Waals surface area contributed by atoms with Crippen LogP contribution in [0.15, 0.2) is 206 Å². The zero-order valence-electron chi connectivity index (χ0n) is 33.8. The Labute approximate surface area is 347 Å². The number of benzene rings is 10. The minimum absolute atomic E-state index is 1.02. The van der Waals surface area contributed by atoms with Crippen molar-refractivity contribution in [1.82, 2.24) is 0 Å². The van der Waals surface area contributed by atoms with Crippen molar-refractivity contribution in [3.63, 3.8) is 0 Å². The molecule has 0 unspecified atom stereocenters. The summed E-state index contributed by atoms with van der Waals surface area (Å²) in [5.41, 5.74) is 17.9. The second-order valence-corrected chi connectivity index (χ2v) is 15.9. The molecule has 1 aliphatic rings. The molecule has 0 heterocycles. The maximum Gasteiger partial charge on any atom is 0.0540 e. The number of nitrogens with zero attached hydrogens (tertiary/aromatic N) is 1. The summed E-state index contributed by atoms with van der Waals surface area (Å²) in [4.78, 5) is 2.44. The predicted molar refractivity (Wildman–Crippen MR) is 253 cm³/mol. The third-order valence-corrected chi connectivity index (χ3v) is 12.1. The maximum absolute atomic E-state index is 2.44. The third-order valence-electron chi connectivity index (χ3n) is 12.1. The zero-order valence-corrected chi connectivity index (χ0v) is 33.8. The standard InChI is InChI=1S/C51H37N.C7H8/c1-33-18-19-38(39-22-23-41-29-40-12-5-7-15-46(40)49(41)31-39)30-48(33)44-27-26-42(28-34(44)2)52(51-17-9-13-35-10-4-8-16-47(35)51)43-25-24-37-21-20-36-11-3-6-14-45(36)50(37)32-43;1-7-5-3-2-4-6-7/h3-28,30-32H,29H2,1-2H3;2-6H,1H3. The molecular weight excluding hydrogens is 711 g/mol. The molecular formula is C58H45N. The van der Waals surface area contributed by atoms with Gasteiger partial charge < -0.3 is 4.90 Å². The van der Waals surface area contributed by atoms with Crippen molar-refractivity contribution in [2.45, 2.75) is 27.2 Å². The molecule has 10 aromatic rings. The van der Waals surface area contributed by atoms with E-state index in [0.29, 0.717) is 0 Å². The molecule has 1 aliphatic carbocycles. The quantitative estimate of drug-likeness (QED) is 0.158. The van der Waals surface area contributed by atoms with E-state index < -0.39 is 0 Å². The summed E-state index contributed by atoms with van der Waals surface area (Å²) in [6.45, 7) is 6.57. The van der Waals surface area contributed by atoms with E-state index in [1.807, 2.05) is 18.2 Å². The summed E-state index contributed by atoms with van der Waals surface area (Å²) in [7, 11) is 0. The van der Waals surface area contributed by atoms with E-state index in [1.54, 1.807) is 0 Å². The maximum atomic E-state index is 2.44. The first kappa shape index (κ1) is 36.1. The van der Waals surface area contributed by atoms with Gasteiger partial charge in [-0.2, -0.15) is 0 Å². The fourth-order valence-electron chi connectivity index (χ4n) is 8.98. The van der Waals surface area contributed by atoms with Gasteiger partial charge in [0.2, 0.25) is 0 Å². The average molecular weight is 756 g/mol. The van der Waals surface area contributed by atoms with E-state index >= 15 is 0 Å². The van der Waals surface area contributed by atoms with Crippen LogP contribution >= 0.6 is 0 Å². The number of anilines is 3. The smallest absolute Gasteiger partial charge is 0.0540 e. The lowest BCUT2D eigenvalue weighted by Gasteiger charge is -2.28. The van der Waals surface area contributed by atoms with E-state index in [0.717, 1.165) is 17.8 Å². The first-order valence-corrected chi connectivity index (χ1v) is 20.6. The lowest BCUT2D eigenvalue weighted by molar-refractivity contribution is 1.26. The van der Waals surface area contributed by atoms with E-state index in [9.17, 15) is 0 Å². The molecule has 0 fully saturated rings. The SMILES string of the molecule is Cc1cc(N(c2ccc3ccc4ccccc4c3c2)c2cccc3ccccc23)ccc1-c1cc(-c2ccc3c(c2)-c2ccccc2C3)ccc1C.Cc1ccccc1. The van der Waals surface area contributed by atoms with Crippen LogP contribution in [-0.4, -0.2) is 0 Å². The molecule has 0 aliphatic heterocycles. The molecule has 0 N–H and O–H groups in total. The largest absolute Gasteiger partial charge is 0.310 e. The molecule has 1 nitrogen and oxygen atoms in total. The summed E-state index contributed by atoms with van der Waals surface area (Å²) in [6.07, 6.45) is 1.02. The highest BCUT2D eigenvalue weighted by atomic mass is 15.1. The van der Waals surface area contributed by atoms with Crippen molar-refractivity contribution in [2.24, 2.45) is 0 Å². The van der Waals surface area contributed by atoms with E-state index in [2.05, 4.69) is 214 Å². The molecule has 0 aromatic heterocycles. The van der Waals surface area contributed by atoms with Crippen molar-refractivity contribution in [1.29, 1.82) is 0 Å². The van der Waals surface area contributed by atoms with Gasteiger partial charge >= 0.3 is 0 Å². The van der Waals surface area contributed by atoms with Crippen molar-refractivity contribution in [3.05, 3.63) is 234 Å². The fourth-order valence-corrected chi connectivity index (χ4v) is 8.98. The summed E-state index contributed by atoms with van der Waals surface area (Å²) < 4.78 is 0. The Hall–Kier alpha value is -7.22. The Bertz CT molecular complexity index is 3170. The first-order valence-electron chi connectivity index (χ1n) is 20.6. The minimum atomic E-state index is 1.02. The molecule has 0 atom stereocenters. The van der Waals surface area contributed by atoms with Crippen LogP contribution in [0.2, 0.25) is 0 Å². The van der Waals surface area contributed by atoms with Crippen LogP contribution in [0.1, 0.15) is 27.8 Å². The number of aryl methyl sites for hydroxylation is 3. The lowest BCUT2D eigenvalue weighted by atomic mass is 9.91. The monoisotopic (exact) mass is 755 g/mol. The second-order valence-electron chi connectivity index (χ2n) is 15.9. The average Bonchev–Trinajstić information content (AvgIpc) is 3.65. The zero-order chi connectivity index (χ0) is 39.9. The number of hydrogen-bond acceptors (Lipinski definition) is 1. The van der Waals surface area contributed by atoms with Gasteiger partial charge in [0.15, 0.2) is 0 Å². The van der Waals surface area contributed by atoms with Crippen LogP contribution in [0, 0.1) is 20.8 Å². The van der Waals surface area contributed by atoms with Crippen molar-refractivity contribution < 1.29 is 0 Å². The van der Waals surface area contributed by atoms with Crippen LogP contribution in [0.4, 0.5) is 17.1 Å². The van der Waals surface area contributed by atoms with Crippen molar-refractivity contribution in [2.75, 3.05) is 4.90 Å². The molecule has 0 saturated carbocycles. The molecule has 0 saturated heterocycles. The predicted octanol–water partition coefficient (Wildman–Crippen LogP) is 16.1. The Balaban J connectivity index is 0.000000547. The van der Waals surface area contributed by atoms with Crippen molar-refractivity contribution in [3.8, 4) is 33.4 Å². The van der Waals surface area contributed by atoms with Crippen LogP contribution in [-0.2, 0) is 6.42 Å². The topological polar surface area (TPSA) is 3.24 Å². The highest BCUT2D eigenvalue weighted by molar-refractivity contribution is 6.09. The molecule has 282 valence electrons. The molecule has 1 heteroatoms. The van der Waals surface area contributed by atoms with Gasteiger partial charge in [-0.1, -0.05) is 169 Å². The molecule has 0 bridgehead atoms. The van der Waals surface area contributed by atoms with E-state index in [-0.39, 0.29) is 0 Å². The number of rotatable bonds is 5. The Morgan fingerprint density at radius 3 is 1.71 bits per heavy atom. The van der Waals surface area contributed by atoms with Crippen LogP contribution in [0.25, 0.3) is 65.7 Å². The third kappa shape index (κ3) is 6.85. The van der Waals surface area contributed by atoms with Gasteiger partial charge in [-0.15, -0.1) is 0 Å². The molecule has 10 aromatic carbocycles. The molecule has 0 spiro atoms. The van der Waals surface area contributed by atoms with Crippen LogP contribution in [0.5, 0.6) is 0 Å². The molecule has 0 radical (unpaired) electrons. The number of fused-ring (bicyclic) bond motifs is 7. The Morgan fingerprint density at radius 2 is 0.932 bits per heavy atom. The van der Waals surface area contributed by atoms with Gasteiger partial charge in [0.05, 0.1) is 5.69 Å². The Kier molecular flexibility index (Phi) is 9.35. The van der Waals surface area contributed by atoms with Gasteiger partial charge in [-0.05, 0) is 152 Å². The highest BCUT2D eigenvalue weighted by Gasteiger charge is 2.20. The van der Waals surface area contributed by atoms with E-state index in [4.69, 9.17) is 0 Å². The normalized spacial score (nSPS) is 11.6. The van der Waals surface area contributed by atoms with Crippen LogP contribution in [0.3, 0.4) is 0 Å². The minimum Gasteiger partial charge on any atom is -0.310 e. The summed E-state index contributed by atoms with van der Waals surface area (Å²) in [6, 6.07) is 75.4. The van der Waals surface area contributed by atoms with Gasteiger partial charge in [0.1, 0.15) is 0 Å². The van der Waals surface area contributed by atoms with Gasteiger partial charge in [-0.25, -0.2) is 0 Å². The molecule has 59 heavy (non-hydrogen) atoms. The van der Waals surface area contributed by atoms with Gasteiger partial charge in [0.25, 0.3) is 0 Å². The van der Waals surface area contributed by atoms with Crippen LogP contribution < -0.4 is 4.90 Å². The van der Waals surface area contributed by atoms with E-state index in [1.165, 1.54) is 99.2 Å². The molecule has 0 amide bonds. The Morgan fingerprint density at radius 1 is 0.339 bits per heavy atom. The van der Waals surface area contributed by atoms with Gasteiger partial charge in [-0.3, -0.25) is 0 Å². The van der Waals surface area contributed by atoms with Gasteiger partial charge in [0, 0.05) is 16.8 Å². The first-order chi connectivity index (χ1) is 29.0. The lowest BCUT2D eigenvalue weighted by Crippen LogP contribution is -2.11. The number of hydrogen-bond donors (Lipinski definition) is 0. The summed E-state index contributed by atoms with van der Waals surface area (Å²) >= 11 is 0.